The molecule has 0 amide bonds. The predicted molar refractivity (Wildman–Crippen MR) is 119 cm³/mol. The van der Waals surface area contributed by atoms with E-state index in [1.165, 1.54) is 44.9 Å². The van der Waals surface area contributed by atoms with E-state index in [4.69, 9.17) is 0 Å². The average molecular weight is 459 g/mol. The summed E-state index contributed by atoms with van der Waals surface area (Å²) in [6.07, 6.45) is 20.0. The second kappa shape index (κ2) is 22.7. The zero-order valence-corrected chi connectivity index (χ0v) is 23.6. The van der Waals surface area contributed by atoms with Gasteiger partial charge >= 0.3 is 51.4 Å². The molecular formula is C23H47KO4S. The van der Waals surface area contributed by atoms with Crippen LogP contribution < -0.4 is 51.4 Å². The molecule has 2 atom stereocenters. The van der Waals surface area contributed by atoms with E-state index in [0.717, 1.165) is 64.2 Å². The molecule has 4 nitrogen and oxygen atoms in total. The molecule has 0 aliphatic carbocycles. The van der Waals surface area contributed by atoms with Crippen molar-refractivity contribution in [1.82, 2.24) is 0 Å². The van der Waals surface area contributed by atoms with Gasteiger partial charge in [-0.05, 0) is 25.7 Å². The van der Waals surface area contributed by atoms with Crippen LogP contribution >= 0.6 is 0 Å². The van der Waals surface area contributed by atoms with Crippen LogP contribution in [0, 0.1) is 0 Å². The third-order valence-corrected chi connectivity index (χ3v) is 7.11. The predicted octanol–water partition coefficient (Wildman–Crippen LogP) is 3.72. The van der Waals surface area contributed by atoms with Crippen LogP contribution in [0.1, 0.15) is 136 Å². The molecule has 0 radical (unpaired) electrons. The monoisotopic (exact) mass is 458 g/mol. The van der Waals surface area contributed by atoms with Crippen LogP contribution in [0.15, 0.2) is 0 Å². The quantitative estimate of drug-likeness (QED) is 0.162. The first-order valence-corrected chi connectivity index (χ1v) is 13.5. The van der Waals surface area contributed by atoms with Gasteiger partial charge in [0.05, 0.1) is 16.2 Å². The molecule has 0 saturated heterocycles. The molecule has 0 aliphatic rings. The standard InChI is InChI=1S/C23H48O4S.K/c1-3-5-6-17-20-23(28(25,26)27)21-18-15-13-11-9-7-8-10-12-14-16-19-22(24)4-2;/h22-24H,3-21H2,1-2H3,(H,25,26,27);/q;+1/p-1. The maximum absolute atomic E-state index is 11.4. The van der Waals surface area contributed by atoms with Crippen LogP contribution in [0.25, 0.3) is 0 Å². The van der Waals surface area contributed by atoms with Gasteiger partial charge in [-0.25, -0.2) is 8.42 Å². The fourth-order valence-electron chi connectivity index (χ4n) is 3.78. The van der Waals surface area contributed by atoms with E-state index >= 15 is 0 Å². The smallest absolute Gasteiger partial charge is 0.748 e. The Morgan fingerprint density at radius 1 is 0.655 bits per heavy atom. The van der Waals surface area contributed by atoms with Crippen LogP contribution in [0.5, 0.6) is 0 Å². The summed E-state index contributed by atoms with van der Waals surface area (Å²) in [7, 11) is -4.14. The van der Waals surface area contributed by atoms with Crippen LogP contribution in [0.4, 0.5) is 0 Å². The molecule has 0 bridgehead atoms. The molecular weight excluding hydrogens is 411 g/mol. The molecule has 0 aromatic carbocycles. The summed E-state index contributed by atoms with van der Waals surface area (Å²) in [5, 5.41) is 8.84. The summed E-state index contributed by atoms with van der Waals surface area (Å²) in [5.74, 6) is 0. The van der Waals surface area contributed by atoms with Crippen molar-refractivity contribution < 1.29 is 69.5 Å². The summed E-state index contributed by atoms with van der Waals surface area (Å²) in [6, 6.07) is 0. The Morgan fingerprint density at radius 3 is 1.34 bits per heavy atom. The summed E-state index contributed by atoms with van der Waals surface area (Å²) >= 11 is 0. The van der Waals surface area contributed by atoms with Crippen molar-refractivity contribution in [2.75, 3.05) is 0 Å². The van der Waals surface area contributed by atoms with Crippen molar-refractivity contribution >= 4 is 10.1 Å². The van der Waals surface area contributed by atoms with Gasteiger partial charge in [-0.1, -0.05) is 110 Å². The Labute approximate surface area is 224 Å². The van der Waals surface area contributed by atoms with Gasteiger partial charge in [0.15, 0.2) is 0 Å². The summed E-state index contributed by atoms with van der Waals surface area (Å²) in [4.78, 5) is 0. The van der Waals surface area contributed by atoms with Gasteiger partial charge in [0, 0.05) is 5.25 Å². The molecule has 6 heteroatoms. The van der Waals surface area contributed by atoms with Gasteiger partial charge < -0.3 is 9.66 Å². The maximum atomic E-state index is 11.4. The fraction of sp³-hybridized carbons (Fsp3) is 1.00. The van der Waals surface area contributed by atoms with E-state index in [0.29, 0.717) is 12.8 Å². The molecule has 0 fully saturated rings. The second-order valence-electron chi connectivity index (χ2n) is 8.49. The Bertz CT molecular complexity index is 429. The Morgan fingerprint density at radius 2 is 1.00 bits per heavy atom. The molecule has 2 unspecified atom stereocenters. The molecule has 0 rings (SSSR count). The molecule has 0 saturated carbocycles. The van der Waals surface area contributed by atoms with Crippen LogP contribution in [-0.4, -0.2) is 29.4 Å². The second-order valence-corrected chi connectivity index (χ2v) is 10.1. The van der Waals surface area contributed by atoms with E-state index in [1.54, 1.807) is 0 Å². The molecule has 0 aromatic rings. The van der Waals surface area contributed by atoms with Crippen molar-refractivity contribution in [3.63, 3.8) is 0 Å². The van der Waals surface area contributed by atoms with Gasteiger partial charge in [0.2, 0.25) is 0 Å². The molecule has 0 spiro atoms. The Balaban J connectivity index is 0. The van der Waals surface area contributed by atoms with Gasteiger partial charge in [-0.15, -0.1) is 0 Å². The van der Waals surface area contributed by atoms with Gasteiger partial charge in [-0.2, -0.15) is 0 Å². The molecule has 0 aromatic heterocycles. The first-order valence-electron chi connectivity index (χ1n) is 12.0. The Kier molecular flexibility index (Phi) is 25.6. The molecule has 170 valence electrons. The van der Waals surface area contributed by atoms with Crippen LogP contribution in [-0.2, 0) is 10.1 Å². The van der Waals surface area contributed by atoms with Crippen molar-refractivity contribution in [1.29, 1.82) is 0 Å². The van der Waals surface area contributed by atoms with E-state index < -0.39 is 15.4 Å². The number of rotatable bonds is 21. The fourth-order valence-corrected chi connectivity index (χ4v) is 4.69. The third kappa shape index (κ3) is 22.5. The normalized spacial score (nSPS) is 13.8. The number of hydrogen-bond acceptors (Lipinski definition) is 4. The summed E-state index contributed by atoms with van der Waals surface area (Å²) in [5.41, 5.74) is 0. The van der Waals surface area contributed by atoms with E-state index in [1.807, 2.05) is 6.92 Å². The van der Waals surface area contributed by atoms with Gasteiger partial charge in [-0.3, -0.25) is 0 Å². The summed E-state index contributed by atoms with van der Waals surface area (Å²) in [6.45, 7) is 4.16. The largest absolute Gasteiger partial charge is 1.00 e. The van der Waals surface area contributed by atoms with Crippen LogP contribution in [0.3, 0.4) is 0 Å². The zero-order chi connectivity index (χ0) is 21.1. The van der Waals surface area contributed by atoms with E-state index in [2.05, 4.69) is 6.92 Å². The number of hydrogen-bond donors (Lipinski definition) is 1. The maximum Gasteiger partial charge on any atom is 1.00 e. The number of unbranched alkanes of at least 4 members (excludes halogenated alkanes) is 13. The van der Waals surface area contributed by atoms with Crippen LogP contribution in [0.2, 0.25) is 0 Å². The van der Waals surface area contributed by atoms with E-state index in [9.17, 15) is 18.1 Å². The SMILES string of the molecule is CCCCCCC(CCCCCCCCCCCCCC(O)CC)S(=O)(=O)[O-].[K+]. The molecule has 1 N–H and O–H groups in total. The average Bonchev–Trinajstić information content (AvgIpc) is 2.65. The number of aliphatic hydroxyl groups is 1. The molecule has 29 heavy (non-hydrogen) atoms. The van der Waals surface area contributed by atoms with Gasteiger partial charge in [0.1, 0.15) is 0 Å². The number of aliphatic hydroxyl groups excluding tert-OH is 1. The molecule has 0 aliphatic heterocycles. The minimum absolute atomic E-state index is 0. The van der Waals surface area contributed by atoms with Crippen molar-refractivity contribution in [3.8, 4) is 0 Å². The van der Waals surface area contributed by atoms with Gasteiger partial charge in [0.25, 0.3) is 0 Å². The van der Waals surface area contributed by atoms with Crippen molar-refractivity contribution in [2.24, 2.45) is 0 Å². The Hall–Kier alpha value is 1.51. The minimum Gasteiger partial charge on any atom is -0.748 e. The zero-order valence-electron chi connectivity index (χ0n) is 19.7. The first-order chi connectivity index (χ1) is 13.4. The van der Waals surface area contributed by atoms with Crippen molar-refractivity contribution in [3.05, 3.63) is 0 Å². The minimum atomic E-state index is -4.14. The third-order valence-electron chi connectivity index (χ3n) is 5.82. The summed E-state index contributed by atoms with van der Waals surface area (Å²) < 4.78 is 34.2. The van der Waals surface area contributed by atoms with Crippen molar-refractivity contribution in [2.45, 2.75) is 147 Å². The van der Waals surface area contributed by atoms with E-state index in [-0.39, 0.29) is 57.5 Å². The topological polar surface area (TPSA) is 77.4 Å². The molecule has 0 heterocycles. The first kappa shape index (κ1) is 32.7.